The molecule has 1 aliphatic rings. The van der Waals surface area contributed by atoms with Crippen molar-refractivity contribution in [3.8, 4) is 5.75 Å². The van der Waals surface area contributed by atoms with E-state index in [0.29, 0.717) is 24.7 Å². The molecule has 1 amide bonds. The number of amides is 1. The number of anilines is 1. The highest BCUT2D eigenvalue weighted by Crippen LogP contribution is 2.30. The number of hydrogen-bond acceptors (Lipinski definition) is 4. The van der Waals surface area contributed by atoms with Crippen molar-refractivity contribution in [3.05, 3.63) is 17.8 Å². The summed E-state index contributed by atoms with van der Waals surface area (Å²) in [6.07, 6.45) is -0.384. The number of carbonyl (C=O) groups excluding carboxylic acids is 1. The molecule has 98 valence electrons. The Labute approximate surface area is 107 Å². The van der Waals surface area contributed by atoms with Crippen LogP contribution in [-0.2, 0) is 4.74 Å². The summed E-state index contributed by atoms with van der Waals surface area (Å²) in [5.41, 5.74) is 0.326. The highest BCUT2D eigenvalue weighted by molar-refractivity contribution is 5.88. The number of hydrogen-bond donors (Lipinski definition) is 0. The van der Waals surface area contributed by atoms with Gasteiger partial charge in [-0.1, -0.05) is 0 Å². The van der Waals surface area contributed by atoms with Crippen molar-refractivity contribution >= 4 is 11.9 Å². The van der Waals surface area contributed by atoms with Crippen molar-refractivity contribution in [1.29, 1.82) is 0 Å². The zero-order valence-electron chi connectivity index (χ0n) is 11.2. The number of fused-ring (bicyclic) bond motifs is 1. The van der Waals surface area contributed by atoms with Gasteiger partial charge < -0.3 is 9.47 Å². The minimum absolute atomic E-state index is 0.384. The number of carbonyl (C=O) groups is 1. The maximum absolute atomic E-state index is 12.1. The molecule has 0 saturated heterocycles. The zero-order chi connectivity index (χ0) is 13.3. The summed E-state index contributed by atoms with van der Waals surface area (Å²) in [4.78, 5) is 18.0. The molecule has 0 spiro atoms. The fraction of sp³-hybridized carbons (Fsp3) is 0.538. The lowest BCUT2D eigenvalue weighted by Crippen LogP contribution is -2.42. The van der Waals surface area contributed by atoms with Gasteiger partial charge in [0.1, 0.15) is 12.2 Å². The van der Waals surface area contributed by atoms with Crippen LogP contribution < -0.4 is 9.64 Å². The van der Waals surface area contributed by atoms with Gasteiger partial charge in [0, 0.05) is 5.69 Å². The zero-order valence-corrected chi connectivity index (χ0v) is 11.2. The molecule has 18 heavy (non-hydrogen) atoms. The molecule has 0 aromatic carbocycles. The molecule has 5 heteroatoms. The highest BCUT2D eigenvalue weighted by atomic mass is 16.6. The van der Waals surface area contributed by atoms with Crippen molar-refractivity contribution in [2.24, 2.45) is 0 Å². The average Bonchev–Trinajstić information content (AvgIpc) is 2.25. The number of pyridine rings is 1. The fourth-order valence-electron chi connectivity index (χ4n) is 1.68. The minimum atomic E-state index is -0.515. The largest absolute Gasteiger partial charge is 0.488 e. The van der Waals surface area contributed by atoms with E-state index in [2.05, 4.69) is 4.98 Å². The number of aryl methyl sites for hydroxylation is 1. The molecule has 2 rings (SSSR count). The molecule has 1 aromatic heterocycles. The van der Waals surface area contributed by atoms with E-state index in [1.165, 1.54) is 4.90 Å². The van der Waals surface area contributed by atoms with Crippen LogP contribution in [0.1, 0.15) is 26.5 Å². The third-order valence-corrected chi connectivity index (χ3v) is 2.42. The summed E-state index contributed by atoms with van der Waals surface area (Å²) in [6, 6.07) is 3.69. The second-order valence-electron chi connectivity index (χ2n) is 5.25. The Hall–Kier alpha value is -1.78. The standard InChI is InChI=1S/C13H18N2O3/c1-9-5-6-10-11(14-9)15(7-8-17-10)12(16)18-13(2,3)4/h5-6H,7-8H2,1-4H3. The number of ether oxygens (including phenoxy) is 2. The molecule has 0 aliphatic carbocycles. The first kappa shape index (κ1) is 12.7. The Kier molecular flexibility index (Phi) is 3.15. The third-order valence-electron chi connectivity index (χ3n) is 2.42. The molecule has 1 aliphatic heterocycles. The van der Waals surface area contributed by atoms with E-state index in [0.717, 1.165) is 5.69 Å². The molecule has 1 aromatic rings. The maximum atomic E-state index is 12.1. The predicted octanol–water partition coefficient (Wildman–Crippen LogP) is 2.52. The van der Waals surface area contributed by atoms with Gasteiger partial charge in [-0.2, -0.15) is 0 Å². The number of rotatable bonds is 0. The van der Waals surface area contributed by atoms with E-state index in [4.69, 9.17) is 9.47 Å². The Balaban J connectivity index is 2.27. The van der Waals surface area contributed by atoms with E-state index in [1.807, 2.05) is 39.8 Å². The van der Waals surface area contributed by atoms with E-state index in [9.17, 15) is 4.79 Å². The second kappa shape index (κ2) is 4.48. The normalized spacial score (nSPS) is 14.8. The molecule has 0 unspecified atom stereocenters. The Morgan fingerprint density at radius 3 is 2.83 bits per heavy atom. The fourth-order valence-corrected chi connectivity index (χ4v) is 1.68. The first-order chi connectivity index (χ1) is 8.37. The molecule has 0 N–H and O–H groups in total. The van der Waals surface area contributed by atoms with Gasteiger partial charge in [-0.25, -0.2) is 9.78 Å². The average molecular weight is 250 g/mol. The van der Waals surface area contributed by atoms with Gasteiger partial charge in [0.05, 0.1) is 6.54 Å². The first-order valence-corrected chi connectivity index (χ1v) is 5.98. The van der Waals surface area contributed by atoms with Gasteiger partial charge in [-0.15, -0.1) is 0 Å². The van der Waals surface area contributed by atoms with Crippen LogP contribution in [0.3, 0.4) is 0 Å². The third kappa shape index (κ3) is 2.72. The molecular formula is C13H18N2O3. The Morgan fingerprint density at radius 1 is 1.44 bits per heavy atom. The summed E-state index contributed by atoms with van der Waals surface area (Å²) in [6.45, 7) is 8.32. The quantitative estimate of drug-likeness (QED) is 0.710. The van der Waals surface area contributed by atoms with E-state index in [1.54, 1.807) is 0 Å². The lowest BCUT2D eigenvalue weighted by Gasteiger charge is -2.30. The molecule has 0 atom stereocenters. The van der Waals surface area contributed by atoms with Crippen LogP contribution in [0.4, 0.5) is 10.6 Å². The van der Waals surface area contributed by atoms with Gasteiger partial charge in [0.25, 0.3) is 0 Å². The summed E-state index contributed by atoms with van der Waals surface area (Å²) >= 11 is 0. The maximum Gasteiger partial charge on any atom is 0.416 e. The van der Waals surface area contributed by atoms with Gasteiger partial charge >= 0.3 is 6.09 Å². The van der Waals surface area contributed by atoms with E-state index >= 15 is 0 Å². The van der Waals surface area contributed by atoms with Gasteiger partial charge in [0.2, 0.25) is 0 Å². The van der Waals surface area contributed by atoms with Crippen LogP contribution in [0, 0.1) is 6.92 Å². The Morgan fingerprint density at radius 2 is 2.17 bits per heavy atom. The molecule has 0 fully saturated rings. The highest BCUT2D eigenvalue weighted by Gasteiger charge is 2.29. The first-order valence-electron chi connectivity index (χ1n) is 5.98. The smallest absolute Gasteiger partial charge is 0.416 e. The van der Waals surface area contributed by atoms with Crippen LogP contribution in [0.5, 0.6) is 5.75 Å². The number of nitrogens with zero attached hydrogens (tertiary/aromatic N) is 2. The minimum Gasteiger partial charge on any atom is -0.488 e. The summed E-state index contributed by atoms with van der Waals surface area (Å²) in [7, 11) is 0. The van der Waals surface area contributed by atoms with Gasteiger partial charge in [-0.3, -0.25) is 4.90 Å². The van der Waals surface area contributed by atoms with Crippen molar-refractivity contribution < 1.29 is 14.3 Å². The molecule has 5 nitrogen and oxygen atoms in total. The van der Waals surface area contributed by atoms with Crippen molar-refractivity contribution in [2.45, 2.75) is 33.3 Å². The number of aromatic nitrogens is 1. The Bertz CT molecular complexity index is 466. The van der Waals surface area contributed by atoms with Gasteiger partial charge in [0.15, 0.2) is 11.6 Å². The lowest BCUT2D eigenvalue weighted by molar-refractivity contribution is 0.0566. The molecule has 2 heterocycles. The van der Waals surface area contributed by atoms with Crippen molar-refractivity contribution in [1.82, 2.24) is 4.98 Å². The molecule has 0 saturated carbocycles. The monoisotopic (exact) mass is 250 g/mol. The topological polar surface area (TPSA) is 51.7 Å². The van der Waals surface area contributed by atoms with Crippen LogP contribution >= 0.6 is 0 Å². The summed E-state index contributed by atoms with van der Waals surface area (Å²) < 4.78 is 10.8. The van der Waals surface area contributed by atoms with Gasteiger partial charge in [-0.05, 0) is 39.8 Å². The summed E-state index contributed by atoms with van der Waals surface area (Å²) in [5, 5.41) is 0. The summed E-state index contributed by atoms with van der Waals surface area (Å²) in [5.74, 6) is 1.16. The molecule has 0 radical (unpaired) electrons. The van der Waals surface area contributed by atoms with Crippen LogP contribution in [0.2, 0.25) is 0 Å². The van der Waals surface area contributed by atoms with Crippen molar-refractivity contribution in [3.63, 3.8) is 0 Å². The molecular weight excluding hydrogens is 232 g/mol. The predicted molar refractivity (Wildman–Crippen MR) is 68.0 cm³/mol. The van der Waals surface area contributed by atoms with E-state index in [-0.39, 0.29) is 6.09 Å². The van der Waals surface area contributed by atoms with E-state index < -0.39 is 5.60 Å². The van der Waals surface area contributed by atoms with Crippen LogP contribution in [0.25, 0.3) is 0 Å². The lowest BCUT2D eigenvalue weighted by atomic mass is 10.2. The molecule has 0 bridgehead atoms. The SMILES string of the molecule is Cc1ccc2c(n1)N(C(=O)OC(C)(C)C)CCO2. The second-order valence-corrected chi connectivity index (χ2v) is 5.25. The van der Waals surface area contributed by atoms with Crippen molar-refractivity contribution in [2.75, 3.05) is 18.1 Å². The van der Waals surface area contributed by atoms with Crippen LogP contribution in [-0.4, -0.2) is 29.8 Å². The van der Waals surface area contributed by atoms with Crippen LogP contribution in [0.15, 0.2) is 12.1 Å².